The van der Waals surface area contributed by atoms with Crippen molar-refractivity contribution in [1.29, 1.82) is 0 Å². The fraction of sp³-hybridized carbons (Fsp3) is 0.308. The van der Waals surface area contributed by atoms with Crippen LogP contribution < -0.4 is 26.8 Å². The Hall–Kier alpha value is -3.90. The number of halogens is 4. The average Bonchev–Trinajstić information content (AvgIpc) is 2.82. The van der Waals surface area contributed by atoms with Crippen LogP contribution in [-0.2, 0) is 6.18 Å². The monoisotopic (exact) mass is 562 g/mol. The molecule has 0 aliphatic rings. The molecule has 39 heavy (non-hydrogen) atoms. The lowest BCUT2D eigenvalue weighted by Gasteiger charge is -2.21. The lowest BCUT2D eigenvalue weighted by Crippen LogP contribution is -2.48. The smallest absolute Gasteiger partial charge is 0.324 e. The Morgan fingerprint density at radius 2 is 1.62 bits per heavy atom. The highest BCUT2D eigenvalue weighted by atomic mass is 35.5. The van der Waals surface area contributed by atoms with Crippen LogP contribution in [0.25, 0.3) is 0 Å². The third-order valence-corrected chi connectivity index (χ3v) is 5.44. The van der Waals surface area contributed by atoms with Gasteiger partial charge in [-0.25, -0.2) is 20.2 Å². The number of hydrazine groups is 1. The van der Waals surface area contributed by atoms with Crippen LogP contribution in [0.3, 0.4) is 0 Å². The standard InChI is InChI=1S/C26H30ClF3N8O/c1-14-7-8-18(34-24(39)33-17-9-10-20(27)19(11-17)26(28,29)30)12-21(14)35-23-31-13-15(2)22(36-23)32-16(3)37-38-25(4,5)6/h7-13,38H,1-6H3,(H2,33,34,39)(H2,31,32,35,36,37). The summed E-state index contributed by atoms with van der Waals surface area (Å²) < 4.78 is 39.4. The minimum absolute atomic E-state index is 0.0571. The van der Waals surface area contributed by atoms with Gasteiger partial charge in [0, 0.05) is 34.4 Å². The van der Waals surface area contributed by atoms with E-state index in [1.54, 1.807) is 24.4 Å². The first-order valence-corrected chi connectivity index (χ1v) is 12.2. The second kappa shape index (κ2) is 11.9. The number of aliphatic imine (C=N–C) groups is 1. The molecule has 9 nitrogen and oxygen atoms in total. The van der Waals surface area contributed by atoms with Crippen LogP contribution in [0.5, 0.6) is 0 Å². The van der Waals surface area contributed by atoms with Gasteiger partial charge >= 0.3 is 12.2 Å². The number of aryl methyl sites for hydroxylation is 2. The van der Waals surface area contributed by atoms with E-state index in [4.69, 9.17) is 11.6 Å². The van der Waals surface area contributed by atoms with Crippen molar-refractivity contribution in [3.8, 4) is 0 Å². The molecule has 0 aliphatic heterocycles. The molecule has 1 aromatic heterocycles. The molecule has 0 unspecified atom stereocenters. The molecule has 13 heteroatoms. The number of rotatable bonds is 6. The maximum Gasteiger partial charge on any atom is 0.417 e. The molecular formula is C26H30ClF3N8O. The summed E-state index contributed by atoms with van der Waals surface area (Å²) in [7, 11) is 0. The third kappa shape index (κ3) is 8.82. The van der Waals surface area contributed by atoms with Crippen LogP contribution in [0, 0.1) is 13.8 Å². The highest BCUT2D eigenvalue weighted by Gasteiger charge is 2.33. The molecule has 5 N–H and O–H groups in total. The van der Waals surface area contributed by atoms with Crippen LogP contribution in [0.1, 0.15) is 44.4 Å². The van der Waals surface area contributed by atoms with Gasteiger partial charge in [-0.05, 0) is 77.4 Å². The lowest BCUT2D eigenvalue weighted by molar-refractivity contribution is -0.137. The number of urea groups is 1. The van der Waals surface area contributed by atoms with Crippen LogP contribution >= 0.6 is 11.6 Å². The zero-order valence-electron chi connectivity index (χ0n) is 22.3. The number of alkyl halides is 3. The second-order valence-corrected chi connectivity index (χ2v) is 10.2. The van der Waals surface area contributed by atoms with Gasteiger partial charge < -0.3 is 21.4 Å². The highest BCUT2D eigenvalue weighted by Crippen LogP contribution is 2.36. The van der Waals surface area contributed by atoms with Crippen LogP contribution in [-0.4, -0.2) is 27.4 Å². The van der Waals surface area contributed by atoms with Crippen molar-refractivity contribution in [1.82, 2.24) is 20.8 Å². The highest BCUT2D eigenvalue weighted by molar-refractivity contribution is 6.31. The van der Waals surface area contributed by atoms with Crippen molar-refractivity contribution in [3.63, 3.8) is 0 Å². The van der Waals surface area contributed by atoms with Gasteiger partial charge in [-0.1, -0.05) is 17.7 Å². The van der Waals surface area contributed by atoms with E-state index in [0.29, 0.717) is 29.0 Å². The number of benzene rings is 2. The largest absolute Gasteiger partial charge is 0.417 e. The minimum Gasteiger partial charge on any atom is -0.324 e. The van der Waals surface area contributed by atoms with E-state index in [-0.39, 0.29) is 11.2 Å². The summed E-state index contributed by atoms with van der Waals surface area (Å²) in [4.78, 5) is 25.8. The molecule has 1 heterocycles. The first kappa shape index (κ1) is 29.7. The molecule has 2 amide bonds. The summed E-state index contributed by atoms with van der Waals surface area (Å²) in [5.74, 6) is 1.39. The predicted octanol–water partition coefficient (Wildman–Crippen LogP) is 7.10. The SMILES string of the molecule is CC(=Nc1nc(Nc2cc(NC(=O)Nc3ccc(Cl)c(C(F)(F)F)c3)ccc2C)ncc1C)NNC(C)(C)C. The first-order valence-electron chi connectivity index (χ1n) is 11.9. The van der Waals surface area contributed by atoms with Gasteiger partial charge in [0.1, 0.15) is 5.84 Å². The Labute approximate surface area is 229 Å². The van der Waals surface area contributed by atoms with Crippen molar-refractivity contribution in [3.05, 3.63) is 64.3 Å². The Morgan fingerprint density at radius 3 is 2.26 bits per heavy atom. The number of hydrogen-bond donors (Lipinski definition) is 5. The van der Waals surface area contributed by atoms with Crippen molar-refractivity contribution in [2.24, 2.45) is 4.99 Å². The number of nitrogens with zero attached hydrogens (tertiary/aromatic N) is 3. The molecule has 0 saturated carbocycles. The molecule has 208 valence electrons. The number of aromatic nitrogens is 2. The average molecular weight is 563 g/mol. The number of anilines is 4. The van der Waals surface area contributed by atoms with E-state index >= 15 is 0 Å². The molecule has 3 aromatic rings. The molecule has 0 spiro atoms. The molecule has 0 fully saturated rings. The number of amidine groups is 1. The fourth-order valence-corrected chi connectivity index (χ4v) is 3.36. The summed E-state index contributed by atoms with van der Waals surface area (Å²) in [6.45, 7) is 11.6. The quantitative estimate of drug-likeness (QED) is 0.124. The summed E-state index contributed by atoms with van der Waals surface area (Å²) in [5, 5.41) is 7.66. The Bertz CT molecular complexity index is 1390. The van der Waals surface area contributed by atoms with E-state index in [1.807, 2.05) is 41.5 Å². The summed E-state index contributed by atoms with van der Waals surface area (Å²) in [6, 6.07) is 7.49. The third-order valence-electron chi connectivity index (χ3n) is 5.11. The number of carbonyl (C=O) groups is 1. The van der Waals surface area contributed by atoms with Crippen LogP contribution in [0.15, 0.2) is 47.6 Å². The molecule has 0 bridgehead atoms. The van der Waals surface area contributed by atoms with Gasteiger partial charge in [0.25, 0.3) is 0 Å². The Kier molecular flexibility index (Phi) is 9.03. The van der Waals surface area contributed by atoms with E-state index < -0.39 is 22.8 Å². The van der Waals surface area contributed by atoms with Crippen LogP contribution in [0.2, 0.25) is 5.02 Å². The van der Waals surface area contributed by atoms with E-state index in [2.05, 4.69) is 41.8 Å². The maximum absolute atomic E-state index is 13.1. The van der Waals surface area contributed by atoms with E-state index in [0.717, 1.165) is 23.3 Å². The summed E-state index contributed by atoms with van der Waals surface area (Å²) >= 11 is 5.64. The molecule has 0 atom stereocenters. The normalized spacial score (nSPS) is 12.2. The minimum atomic E-state index is -4.65. The van der Waals surface area contributed by atoms with E-state index in [1.165, 1.54) is 6.07 Å². The van der Waals surface area contributed by atoms with Crippen LogP contribution in [0.4, 0.5) is 46.8 Å². The van der Waals surface area contributed by atoms with Crippen molar-refractivity contribution < 1.29 is 18.0 Å². The van der Waals surface area contributed by atoms with Gasteiger partial charge in [0.05, 0.1) is 10.6 Å². The summed E-state index contributed by atoms with van der Waals surface area (Å²) in [5.41, 5.74) is 7.55. The van der Waals surface area contributed by atoms with Gasteiger partial charge in [-0.2, -0.15) is 18.2 Å². The fourth-order valence-electron chi connectivity index (χ4n) is 3.14. The number of amides is 2. The molecule has 2 aromatic carbocycles. The maximum atomic E-state index is 13.1. The second-order valence-electron chi connectivity index (χ2n) is 9.82. The zero-order valence-corrected chi connectivity index (χ0v) is 23.1. The van der Waals surface area contributed by atoms with Crippen molar-refractivity contribution in [2.45, 2.75) is 53.3 Å². The molecule has 0 aliphatic carbocycles. The first-order chi connectivity index (χ1) is 18.1. The van der Waals surface area contributed by atoms with E-state index in [9.17, 15) is 18.0 Å². The van der Waals surface area contributed by atoms with Gasteiger partial charge in [-0.15, -0.1) is 0 Å². The Morgan fingerprint density at radius 1 is 0.974 bits per heavy atom. The topological polar surface area (TPSA) is 115 Å². The molecular weight excluding hydrogens is 533 g/mol. The molecule has 3 rings (SSSR count). The Balaban J connectivity index is 1.73. The molecule has 0 saturated heterocycles. The number of nitrogens with one attached hydrogen (secondary N) is 5. The van der Waals surface area contributed by atoms with Crippen molar-refractivity contribution in [2.75, 3.05) is 16.0 Å². The van der Waals surface area contributed by atoms with Gasteiger partial charge in [-0.3, -0.25) is 0 Å². The number of carbonyl (C=O) groups excluding carboxylic acids is 1. The lowest BCUT2D eigenvalue weighted by atomic mass is 10.1. The zero-order chi connectivity index (χ0) is 29.0. The molecule has 0 radical (unpaired) electrons. The summed E-state index contributed by atoms with van der Waals surface area (Å²) in [6.07, 6.45) is -3.00. The number of hydrogen-bond acceptors (Lipinski definition) is 6. The van der Waals surface area contributed by atoms with Gasteiger partial charge in [0.15, 0.2) is 5.82 Å². The van der Waals surface area contributed by atoms with Gasteiger partial charge in [0.2, 0.25) is 5.95 Å². The van der Waals surface area contributed by atoms with Crippen molar-refractivity contribution >= 4 is 52.3 Å². The predicted molar refractivity (Wildman–Crippen MR) is 149 cm³/mol.